The van der Waals surface area contributed by atoms with E-state index in [9.17, 15) is 0 Å². The predicted molar refractivity (Wildman–Crippen MR) is 89.5 cm³/mol. The fraction of sp³-hybridized carbons (Fsp3) is 0.765. The Balaban J connectivity index is 2.11. The minimum atomic E-state index is 0.201. The first-order chi connectivity index (χ1) is 9.58. The van der Waals surface area contributed by atoms with Crippen LogP contribution in [0.25, 0.3) is 0 Å². The maximum absolute atomic E-state index is 6.70. The largest absolute Gasteiger partial charge is 0.326 e. The Kier molecular flexibility index (Phi) is 5.65. The molecule has 3 heteroatoms. The van der Waals surface area contributed by atoms with Gasteiger partial charge in [0.2, 0.25) is 0 Å². The highest BCUT2D eigenvalue weighted by Crippen LogP contribution is 2.35. The van der Waals surface area contributed by atoms with Gasteiger partial charge in [-0.25, -0.2) is 0 Å². The molecule has 1 aromatic heterocycles. The van der Waals surface area contributed by atoms with Gasteiger partial charge in [-0.05, 0) is 51.9 Å². The molecule has 2 N–H and O–H groups in total. The van der Waals surface area contributed by atoms with Crippen molar-refractivity contribution in [3.63, 3.8) is 0 Å². The van der Waals surface area contributed by atoms with Gasteiger partial charge in [0.05, 0.1) is 0 Å². The fourth-order valence-electron chi connectivity index (χ4n) is 3.62. The normalized spacial score (nSPS) is 20.9. The lowest BCUT2D eigenvalue weighted by atomic mass is 9.80. The van der Waals surface area contributed by atoms with Crippen molar-refractivity contribution in [3.8, 4) is 0 Å². The van der Waals surface area contributed by atoms with Crippen molar-refractivity contribution in [1.29, 1.82) is 0 Å². The summed E-state index contributed by atoms with van der Waals surface area (Å²) in [5, 5.41) is 0. The molecule has 0 saturated heterocycles. The van der Waals surface area contributed by atoms with E-state index in [0.29, 0.717) is 0 Å². The zero-order chi connectivity index (χ0) is 14.6. The Morgan fingerprint density at radius 2 is 1.75 bits per heavy atom. The standard InChI is InChI=1S/C17H30N2S/c1-4-14-9-10-15(20-14)13-16(18)17(19(2)3)11-7-5-6-8-12-17/h9-10,16H,4-8,11-13,18H2,1-3H3. The van der Waals surface area contributed by atoms with Gasteiger partial charge >= 0.3 is 0 Å². The monoisotopic (exact) mass is 294 g/mol. The molecule has 2 nitrogen and oxygen atoms in total. The Labute approximate surface area is 128 Å². The summed E-state index contributed by atoms with van der Waals surface area (Å²) in [6.07, 6.45) is 10.1. The fourth-order valence-corrected chi connectivity index (χ4v) is 4.64. The number of hydrogen-bond donors (Lipinski definition) is 1. The van der Waals surface area contributed by atoms with Crippen LogP contribution in [0, 0.1) is 0 Å². The van der Waals surface area contributed by atoms with E-state index in [1.165, 1.54) is 48.3 Å². The van der Waals surface area contributed by atoms with Gasteiger partial charge in [0.1, 0.15) is 0 Å². The molecule has 1 unspecified atom stereocenters. The molecule has 0 spiro atoms. The molecule has 20 heavy (non-hydrogen) atoms. The van der Waals surface area contributed by atoms with Crippen LogP contribution in [0.1, 0.15) is 55.2 Å². The highest BCUT2D eigenvalue weighted by molar-refractivity contribution is 7.11. The third kappa shape index (κ3) is 3.44. The topological polar surface area (TPSA) is 29.3 Å². The summed E-state index contributed by atoms with van der Waals surface area (Å²) in [5.41, 5.74) is 6.90. The van der Waals surface area contributed by atoms with Gasteiger partial charge in [0.25, 0.3) is 0 Å². The lowest BCUT2D eigenvalue weighted by molar-refractivity contribution is 0.0971. The van der Waals surface area contributed by atoms with Gasteiger partial charge in [-0.3, -0.25) is 0 Å². The van der Waals surface area contributed by atoms with E-state index in [1.807, 2.05) is 11.3 Å². The molecule has 2 rings (SSSR count). The van der Waals surface area contributed by atoms with E-state index in [-0.39, 0.29) is 11.6 Å². The predicted octanol–water partition coefficient (Wildman–Crippen LogP) is 3.83. The van der Waals surface area contributed by atoms with E-state index in [2.05, 4.69) is 38.1 Å². The molecule has 1 saturated carbocycles. The Morgan fingerprint density at radius 3 is 2.25 bits per heavy atom. The molecular formula is C17H30N2S. The SMILES string of the molecule is CCc1ccc(CC(N)C2(N(C)C)CCCCCC2)s1. The average Bonchev–Trinajstić information content (AvgIpc) is 2.73. The zero-order valence-corrected chi connectivity index (χ0v) is 14.1. The molecule has 1 aromatic rings. The van der Waals surface area contributed by atoms with Gasteiger partial charge in [0.15, 0.2) is 0 Å². The number of rotatable bonds is 5. The molecule has 1 fully saturated rings. The number of nitrogens with zero attached hydrogens (tertiary/aromatic N) is 1. The summed E-state index contributed by atoms with van der Waals surface area (Å²) < 4.78 is 0. The van der Waals surface area contributed by atoms with Crippen LogP contribution < -0.4 is 5.73 Å². The lowest BCUT2D eigenvalue weighted by Gasteiger charge is -2.44. The summed E-state index contributed by atoms with van der Waals surface area (Å²) in [6, 6.07) is 4.80. The quantitative estimate of drug-likeness (QED) is 0.836. The molecule has 0 aliphatic heterocycles. The molecular weight excluding hydrogens is 264 g/mol. The Bertz CT molecular complexity index is 403. The second-order valence-corrected chi connectivity index (χ2v) is 7.70. The summed E-state index contributed by atoms with van der Waals surface area (Å²) in [7, 11) is 4.44. The van der Waals surface area contributed by atoms with E-state index in [4.69, 9.17) is 5.73 Å². The van der Waals surface area contributed by atoms with Crippen LogP contribution in [0.3, 0.4) is 0 Å². The van der Waals surface area contributed by atoms with E-state index >= 15 is 0 Å². The molecule has 1 atom stereocenters. The Hall–Kier alpha value is -0.380. The van der Waals surface area contributed by atoms with Gasteiger partial charge in [-0.2, -0.15) is 0 Å². The first-order valence-corrected chi connectivity index (χ1v) is 8.91. The minimum absolute atomic E-state index is 0.201. The van der Waals surface area contributed by atoms with Crippen molar-refractivity contribution < 1.29 is 0 Å². The number of aryl methyl sites for hydroxylation is 1. The van der Waals surface area contributed by atoms with Crippen LogP contribution >= 0.6 is 11.3 Å². The first-order valence-electron chi connectivity index (χ1n) is 8.09. The van der Waals surface area contributed by atoms with Crippen molar-refractivity contribution in [1.82, 2.24) is 4.90 Å². The lowest BCUT2D eigenvalue weighted by Crippen LogP contribution is -2.58. The number of likely N-dealkylation sites (N-methyl/N-ethyl adjacent to an activating group) is 1. The molecule has 0 radical (unpaired) electrons. The minimum Gasteiger partial charge on any atom is -0.326 e. The summed E-state index contributed by atoms with van der Waals surface area (Å²) in [4.78, 5) is 5.35. The van der Waals surface area contributed by atoms with Crippen LogP contribution in [0.5, 0.6) is 0 Å². The summed E-state index contributed by atoms with van der Waals surface area (Å²) in [5.74, 6) is 0. The summed E-state index contributed by atoms with van der Waals surface area (Å²) >= 11 is 1.94. The molecule has 0 amide bonds. The maximum Gasteiger partial charge on any atom is 0.0357 e. The smallest absolute Gasteiger partial charge is 0.0357 e. The van der Waals surface area contributed by atoms with Gasteiger partial charge in [0, 0.05) is 21.3 Å². The highest BCUT2D eigenvalue weighted by atomic mass is 32.1. The molecule has 1 aliphatic carbocycles. The first kappa shape index (κ1) is 16.0. The second kappa shape index (κ2) is 7.06. The number of nitrogens with two attached hydrogens (primary N) is 1. The molecule has 1 heterocycles. The summed E-state index contributed by atoms with van der Waals surface area (Å²) in [6.45, 7) is 2.22. The van der Waals surface area contributed by atoms with Crippen LogP contribution in [-0.2, 0) is 12.8 Å². The van der Waals surface area contributed by atoms with Crippen LogP contribution in [-0.4, -0.2) is 30.6 Å². The average molecular weight is 295 g/mol. The van der Waals surface area contributed by atoms with Crippen LogP contribution in [0.4, 0.5) is 0 Å². The number of thiophene rings is 1. The molecule has 1 aliphatic rings. The molecule has 114 valence electrons. The Morgan fingerprint density at radius 1 is 1.15 bits per heavy atom. The van der Waals surface area contributed by atoms with E-state index in [0.717, 1.165) is 12.8 Å². The maximum atomic E-state index is 6.70. The number of hydrogen-bond acceptors (Lipinski definition) is 3. The van der Waals surface area contributed by atoms with Crippen molar-refractivity contribution in [2.75, 3.05) is 14.1 Å². The molecule has 0 aromatic carbocycles. The molecule has 0 bridgehead atoms. The van der Waals surface area contributed by atoms with Crippen molar-refractivity contribution in [2.45, 2.75) is 69.9 Å². The van der Waals surface area contributed by atoms with Gasteiger partial charge < -0.3 is 10.6 Å². The van der Waals surface area contributed by atoms with Crippen molar-refractivity contribution >= 4 is 11.3 Å². The van der Waals surface area contributed by atoms with Crippen molar-refractivity contribution in [3.05, 3.63) is 21.9 Å². The zero-order valence-electron chi connectivity index (χ0n) is 13.3. The van der Waals surface area contributed by atoms with Gasteiger partial charge in [-0.1, -0.05) is 32.6 Å². The highest BCUT2D eigenvalue weighted by Gasteiger charge is 2.39. The second-order valence-electron chi connectivity index (χ2n) is 6.44. The third-order valence-corrected chi connectivity index (χ3v) is 6.29. The third-order valence-electron chi connectivity index (χ3n) is 5.04. The van der Waals surface area contributed by atoms with E-state index < -0.39 is 0 Å². The van der Waals surface area contributed by atoms with Crippen LogP contribution in [0.15, 0.2) is 12.1 Å². The van der Waals surface area contributed by atoms with E-state index in [1.54, 1.807) is 0 Å². The van der Waals surface area contributed by atoms with Gasteiger partial charge in [-0.15, -0.1) is 11.3 Å². The van der Waals surface area contributed by atoms with Crippen molar-refractivity contribution in [2.24, 2.45) is 5.73 Å². The van der Waals surface area contributed by atoms with Crippen LogP contribution in [0.2, 0.25) is 0 Å².